The van der Waals surface area contributed by atoms with Crippen LogP contribution in [0.2, 0.25) is 0 Å². The van der Waals surface area contributed by atoms with E-state index in [1.165, 1.54) is 11.1 Å². The molecule has 1 aliphatic carbocycles. The molecule has 1 aliphatic rings. The number of carbonyl (C=O) groups is 1. The Morgan fingerprint density at radius 1 is 1.73 bits per heavy atom. The highest BCUT2D eigenvalue weighted by atomic mass is 35.5. The van der Waals surface area contributed by atoms with Crippen LogP contribution in [0.5, 0.6) is 0 Å². The summed E-state index contributed by atoms with van der Waals surface area (Å²) < 4.78 is 4.96. The van der Waals surface area contributed by atoms with Crippen molar-refractivity contribution in [1.82, 2.24) is 0 Å². The van der Waals surface area contributed by atoms with Crippen LogP contribution in [0.25, 0.3) is 0 Å². The number of rotatable bonds is 4. The molecule has 0 N–H and O–H groups in total. The van der Waals surface area contributed by atoms with Gasteiger partial charge in [-0.3, -0.25) is 4.79 Å². The maximum absolute atomic E-state index is 10.8. The zero-order valence-corrected chi connectivity index (χ0v) is 9.85. The Hall–Kier alpha value is -0.760. The molecule has 1 rings (SSSR count). The number of hydrogen-bond acceptors (Lipinski definition) is 2. The van der Waals surface area contributed by atoms with Crippen molar-refractivity contribution < 1.29 is 9.53 Å². The lowest BCUT2D eigenvalue weighted by atomic mass is 9.86. The van der Waals surface area contributed by atoms with E-state index in [1.54, 1.807) is 0 Å². The van der Waals surface area contributed by atoms with Gasteiger partial charge in [0.2, 0.25) is 0 Å². The van der Waals surface area contributed by atoms with Gasteiger partial charge in [-0.1, -0.05) is 18.2 Å². The van der Waals surface area contributed by atoms with Crippen LogP contribution in [0.3, 0.4) is 0 Å². The van der Waals surface area contributed by atoms with Crippen molar-refractivity contribution in [3.8, 4) is 0 Å². The summed E-state index contributed by atoms with van der Waals surface area (Å²) in [4.78, 5) is 10.8. The van der Waals surface area contributed by atoms with E-state index in [0.29, 0.717) is 12.5 Å². The molecule has 0 bridgehead atoms. The number of allylic oxidation sites excluding steroid dienone is 2. The van der Waals surface area contributed by atoms with Crippen LogP contribution in [-0.4, -0.2) is 18.5 Å². The minimum Gasteiger partial charge on any atom is -0.460 e. The van der Waals surface area contributed by atoms with E-state index in [2.05, 4.69) is 19.6 Å². The summed E-state index contributed by atoms with van der Waals surface area (Å²) in [6.07, 6.45) is 5.28. The minimum absolute atomic E-state index is 0.0678. The predicted octanol–water partition coefficient (Wildman–Crippen LogP) is 3.07. The quantitative estimate of drug-likeness (QED) is 0.420. The molecule has 15 heavy (non-hydrogen) atoms. The molecule has 2 nitrogen and oxygen atoms in total. The second-order valence-corrected chi connectivity index (χ2v) is 4.24. The molecule has 1 atom stereocenters. The Morgan fingerprint density at radius 3 is 2.93 bits per heavy atom. The van der Waals surface area contributed by atoms with E-state index in [9.17, 15) is 4.79 Å². The largest absolute Gasteiger partial charge is 0.460 e. The normalized spacial score (nSPS) is 20.7. The molecule has 0 saturated heterocycles. The maximum atomic E-state index is 10.8. The van der Waals surface area contributed by atoms with Crippen LogP contribution in [0, 0.1) is 5.92 Å². The lowest BCUT2D eigenvalue weighted by Crippen LogP contribution is -2.13. The van der Waals surface area contributed by atoms with Crippen LogP contribution in [-0.2, 0) is 9.53 Å². The Balaban J connectivity index is 2.34. The summed E-state index contributed by atoms with van der Waals surface area (Å²) in [5.41, 5.74) is 2.44. The van der Waals surface area contributed by atoms with Crippen molar-refractivity contribution in [1.29, 1.82) is 0 Å². The van der Waals surface area contributed by atoms with Crippen molar-refractivity contribution in [3.05, 3.63) is 23.8 Å². The Labute approximate surface area is 95.9 Å². The second kappa shape index (κ2) is 5.96. The topological polar surface area (TPSA) is 26.3 Å². The number of halogens is 1. The monoisotopic (exact) mass is 228 g/mol. The maximum Gasteiger partial charge on any atom is 0.321 e. The minimum atomic E-state index is -0.348. The average molecular weight is 229 g/mol. The molecule has 0 unspecified atom stereocenters. The van der Waals surface area contributed by atoms with Crippen molar-refractivity contribution >= 4 is 17.6 Å². The van der Waals surface area contributed by atoms with E-state index >= 15 is 0 Å². The Kier molecular flexibility index (Phi) is 4.89. The van der Waals surface area contributed by atoms with Crippen molar-refractivity contribution in [2.24, 2.45) is 5.92 Å². The van der Waals surface area contributed by atoms with Gasteiger partial charge in [0.1, 0.15) is 12.5 Å². The molecular weight excluding hydrogens is 212 g/mol. The Bertz CT molecular complexity index is 281. The zero-order chi connectivity index (χ0) is 11.3. The van der Waals surface area contributed by atoms with Gasteiger partial charge in [-0.05, 0) is 37.7 Å². The number of hydrogen-bond donors (Lipinski definition) is 0. The third-order valence-corrected chi connectivity index (χ3v) is 2.95. The molecule has 0 spiro atoms. The van der Waals surface area contributed by atoms with Crippen LogP contribution < -0.4 is 0 Å². The molecular formula is C12H17ClO2. The lowest BCUT2D eigenvalue weighted by molar-refractivity contribution is -0.139. The first kappa shape index (κ1) is 12.3. The smallest absolute Gasteiger partial charge is 0.321 e. The second-order valence-electron chi connectivity index (χ2n) is 3.97. The van der Waals surface area contributed by atoms with Crippen LogP contribution in [0.4, 0.5) is 0 Å². The standard InChI is InChI=1S/C12H17ClO2/c1-9(2)11-5-3-10(4-6-11)8-15-12(14)7-13/h3,11H,1,4-8H2,2H3/t11-/m1/s1. The van der Waals surface area contributed by atoms with E-state index in [-0.39, 0.29) is 11.8 Å². The van der Waals surface area contributed by atoms with Crippen molar-refractivity contribution in [2.75, 3.05) is 12.5 Å². The highest BCUT2D eigenvalue weighted by Crippen LogP contribution is 2.28. The predicted molar refractivity (Wildman–Crippen MR) is 61.9 cm³/mol. The Morgan fingerprint density at radius 2 is 2.47 bits per heavy atom. The fraction of sp³-hybridized carbons (Fsp3) is 0.583. The van der Waals surface area contributed by atoms with Crippen LogP contribution >= 0.6 is 11.6 Å². The fourth-order valence-corrected chi connectivity index (χ4v) is 1.76. The summed E-state index contributed by atoms with van der Waals surface area (Å²) in [6, 6.07) is 0. The molecule has 0 aliphatic heterocycles. The number of alkyl halides is 1. The van der Waals surface area contributed by atoms with Gasteiger partial charge in [0, 0.05) is 0 Å². The van der Waals surface area contributed by atoms with Gasteiger partial charge in [-0.25, -0.2) is 0 Å². The highest BCUT2D eigenvalue weighted by molar-refractivity contribution is 6.26. The van der Waals surface area contributed by atoms with Gasteiger partial charge >= 0.3 is 5.97 Å². The molecule has 0 saturated carbocycles. The van der Waals surface area contributed by atoms with Gasteiger partial charge in [0.15, 0.2) is 0 Å². The van der Waals surface area contributed by atoms with Gasteiger partial charge in [0.25, 0.3) is 0 Å². The fourth-order valence-electron chi connectivity index (χ4n) is 1.68. The van der Waals surface area contributed by atoms with Gasteiger partial charge < -0.3 is 4.74 Å². The van der Waals surface area contributed by atoms with Crippen LogP contribution in [0.1, 0.15) is 26.2 Å². The molecule has 0 amide bonds. The summed E-state index contributed by atoms with van der Waals surface area (Å²) in [7, 11) is 0. The molecule has 0 radical (unpaired) electrons. The molecule has 0 aromatic carbocycles. The number of carbonyl (C=O) groups excluding carboxylic acids is 1. The number of esters is 1. The third kappa shape index (κ3) is 4.08. The molecule has 0 heterocycles. The van der Waals surface area contributed by atoms with Crippen molar-refractivity contribution in [3.63, 3.8) is 0 Å². The highest BCUT2D eigenvalue weighted by Gasteiger charge is 2.15. The summed E-state index contributed by atoms with van der Waals surface area (Å²) >= 11 is 5.33. The lowest BCUT2D eigenvalue weighted by Gasteiger charge is -2.21. The van der Waals surface area contributed by atoms with Crippen molar-refractivity contribution in [2.45, 2.75) is 26.2 Å². The zero-order valence-electron chi connectivity index (χ0n) is 9.09. The van der Waals surface area contributed by atoms with E-state index in [4.69, 9.17) is 16.3 Å². The van der Waals surface area contributed by atoms with Gasteiger partial charge in [-0.15, -0.1) is 11.6 Å². The molecule has 0 aromatic heterocycles. The molecule has 84 valence electrons. The number of ether oxygens (including phenoxy) is 1. The molecule has 0 fully saturated rings. The summed E-state index contributed by atoms with van der Waals surface area (Å²) in [5, 5.41) is 0. The molecule has 3 heteroatoms. The van der Waals surface area contributed by atoms with Gasteiger partial charge in [0.05, 0.1) is 0 Å². The SMILES string of the molecule is C=C(C)[C@@H]1CC=C(COC(=O)CCl)CC1. The first-order chi connectivity index (χ1) is 7.13. The van der Waals surface area contributed by atoms with Gasteiger partial charge in [-0.2, -0.15) is 0 Å². The first-order valence-corrected chi connectivity index (χ1v) is 5.72. The summed E-state index contributed by atoms with van der Waals surface area (Å²) in [6.45, 7) is 6.42. The first-order valence-electron chi connectivity index (χ1n) is 5.18. The van der Waals surface area contributed by atoms with Crippen LogP contribution in [0.15, 0.2) is 23.8 Å². The average Bonchev–Trinajstić information content (AvgIpc) is 2.26. The van der Waals surface area contributed by atoms with E-state index < -0.39 is 0 Å². The van der Waals surface area contributed by atoms with E-state index in [1.807, 2.05) is 0 Å². The third-order valence-electron chi connectivity index (χ3n) is 2.73. The summed E-state index contributed by atoms with van der Waals surface area (Å²) in [5.74, 6) is 0.180. The molecule has 0 aromatic rings. The van der Waals surface area contributed by atoms with E-state index in [0.717, 1.165) is 19.3 Å².